The Morgan fingerprint density at radius 2 is 2.29 bits per heavy atom. The lowest BCUT2D eigenvalue weighted by atomic mass is 9.95. The minimum absolute atomic E-state index is 0.00646. The standard InChI is InChI=1S/C11H21N3O3/c1-2-13-11(16)14-6-3-4-9(8-14)5-7-17-10(12)15/h9H,2-8H2,1H3,(H2,12,15)(H,13,16). The van der Waals surface area contributed by atoms with Gasteiger partial charge in [-0.2, -0.15) is 0 Å². The van der Waals surface area contributed by atoms with Crippen LogP contribution < -0.4 is 11.1 Å². The maximum atomic E-state index is 11.6. The van der Waals surface area contributed by atoms with Crippen molar-refractivity contribution in [2.45, 2.75) is 26.2 Å². The smallest absolute Gasteiger partial charge is 0.404 e. The second-order valence-corrected chi connectivity index (χ2v) is 4.25. The van der Waals surface area contributed by atoms with E-state index in [9.17, 15) is 9.59 Å². The SMILES string of the molecule is CCNC(=O)N1CCCC(CCOC(N)=O)C1. The van der Waals surface area contributed by atoms with Gasteiger partial charge in [0.2, 0.25) is 0 Å². The van der Waals surface area contributed by atoms with Gasteiger partial charge < -0.3 is 20.7 Å². The molecule has 3 amide bonds. The van der Waals surface area contributed by atoms with Gasteiger partial charge in [-0.15, -0.1) is 0 Å². The van der Waals surface area contributed by atoms with Crippen molar-refractivity contribution in [3.05, 3.63) is 0 Å². The Balaban J connectivity index is 2.28. The van der Waals surface area contributed by atoms with Gasteiger partial charge in [-0.1, -0.05) is 0 Å². The van der Waals surface area contributed by atoms with Crippen molar-refractivity contribution in [2.75, 3.05) is 26.2 Å². The molecule has 0 aromatic carbocycles. The van der Waals surface area contributed by atoms with Crippen LogP contribution in [0.1, 0.15) is 26.2 Å². The maximum Gasteiger partial charge on any atom is 0.404 e. The van der Waals surface area contributed by atoms with E-state index in [1.807, 2.05) is 11.8 Å². The molecule has 6 heteroatoms. The molecule has 17 heavy (non-hydrogen) atoms. The van der Waals surface area contributed by atoms with Gasteiger partial charge in [0.1, 0.15) is 0 Å². The molecule has 6 nitrogen and oxygen atoms in total. The molecule has 1 aliphatic heterocycles. The van der Waals surface area contributed by atoms with Crippen molar-refractivity contribution in [2.24, 2.45) is 11.7 Å². The lowest BCUT2D eigenvalue weighted by Crippen LogP contribution is -2.45. The van der Waals surface area contributed by atoms with E-state index in [0.717, 1.165) is 32.4 Å². The van der Waals surface area contributed by atoms with Crippen molar-refractivity contribution >= 4 is 12.1 Å². The van der Waals surface area contributed by atoms with Crippen LogP contribution in [-0.2, 0) is 4.74 Å². The van der Waals surface area contributed by atoms with Crippen LogP contribution in [0.2, 0.25) is 0 Å². The zero-order chi connectivity index (χ0) is 12.7. The Bertz CT molecular complexity index is 271. The second-order valence-electron chi connectivity index (χ2n) is 4.25. The molecule has 1 saturated heterocycles. The summed E-state index contributed by atoms with van der Waals surface area (Å²) < 4.78 is 4.71. The van der Waals surface area contributed by atoms with E-state index in [0.29, 0.717) is 19.1 Å². The van der Waals surface area contributed by atoms with Gasteiger partial charge in [0.25, 0.3) is 0 Å². The number of rotatable bonds is 4. The monoisotopic (exact) mass is 243 g/mol. The summed E-state index contributed by atoms with van der Waals surface area (Å²) in [6.45, 7) is 4.42. The first-order chi connectivity index (χ1) is 8.13. The summed E-state index contributed by atoms with van der Waals surface area (Å²) >= 11 is 0. The summed E-state index contributed by atoms with van der Waals surface area (Å²) in [5.41, 5.74) is 4.89. The lowest BCUT2D eigenvalue weighted by Gasteiger charge is -2.32. The van der Waals surface area contributed by atoms with Crippen molar-refractivity contribution in [1.82, 2.24) is 10.2 Å². The summed E-state index contributed by atoms with van der Waals surface area (Å²) in [5.74, 6) is 0.394. The minimum atomic E-state index is -0.735. The molecule has 0 saturated carbocycles. The molecule has 0 aromatic heterocycles. The van der Waals surface area contributed by atoms with Gasteiger partial charge in [0.05, 0.1) is 6.61 Å². The number of ether oxygens (including phenoxy) is 1. The third kappa shape index (κ3) is 4.93. The van der Waals surface area contributed by atoms with E-state index < -0.39 is 6.09 Å². The van der Waals surface area contributed by atoms with E-state index in [1.165, 1.54) is 0 Å². The van der Waals surface area contributed by atoms with Crippen LogP contribution in [0.25, 0.3) is 0 Å². The zero-order valence-corrected chi connectivity index (χ0v) is 10.3. The Morgan fingerprint density at radius 1 is 1.53 bits per heavy atom. The van der Waals surface area contributed by atoms with Crippen LogP contribution in [0.3, 0.4) is 0 Å². The molecule has 98 valence electrons. The highest BCUT2D eigenvalue weighted by atomic mass is 16.5. The molecule has 1 aliphatic rings. The molecule has 0 aliphatic carbocycles. The fraction of sp³-hybridized carbons (Fsp3) is 0.818. The quantitative estimate of drug-likeness (QED) is 0.769. The van der Waals surface area contributed by atoms with Crippen molar-refractivity contribution in [1.29, 1.82) is 0 Å². The van der Waals surface area contributed by atoms with Gasteiger partial charge in [0.15, 0.2) is 0 Å². The first-order valence-corrected chi connectivity index (χ1v) is 6.08. The maximum absolute atomic E-state index is 11.6. The number of carbonyl (C=O) groups is 2. The second kappa shape index (κ2) is 6.98. The molecule has 1 heterocycles. The zero-order valence-electron chi connectivity index (χ0n) is 10.3. The molecule has 1 fully saturated rings. The highest BCUT2D eigenvalue weighted by molar-refractivity contribution is 5.74. The number of nitrogens with two attached hydrogens (primary N) is 1. The van der Waals surface area contributed by atoms with Gasteiger partial charge in [-0.3, -0.25) is 0 Å². The Kier molecular flexibility index (Phi) is 5.59. The summed E-state index contributed by atoms with van der Waals surface area (Å²) in [5, 5.41) is 2.79. The summed E-state index contributed by atoms with van der Waals surface area (Å²) in [7, 11) is 0. The van der Waals surface area contributed by atoms with E-state index in [2.05, 4.69) is 5.32 Å². The third-order valence-corrected chi connectivity index (χ3v) is 2.90. The summed E-state index contributed by atoms with van der Waals surface area (Å²) in [6.07, 6.45) is 2.09. The van der Waals surface area contributed by atoms with Gasteiger partial charge in [0, 0.05) is 19.6 Å². The molecule has 0 aromatic rings. The van der Waals surface area contributed by atoms with Gasteiger partial charge in [-0.05, 0) is 32.1 Å². The van der Waals surface area contributed by atoms with Crippen molar-refractivity contribution in [3.63, 3.8) is 0 Å². The van der Waals surface area contributed by atoms with Crippen LogP contribution in [-0.4, -0.2) is 43.3 Å². The number of carbonyl (C=O) groups excluding carboxylic acids is 2. The number of amides is 3. The fourth-order valence-electron chi connectivity index (χ4n) is 2.07. The first kappa shape index (κ1) is 13.6. The number of primary amides is 1. The average Bonchev–Trinajstić information content (AvgIpc) is 2.29. The third-order valence-electron chi connectivity index (χ3n) is 2.90. The minimum Gasteiger partial charge on any atom is -0.450 e. The molecule has 1 unspecified atom stereocenters. The molecule has 0 bridgehead atoms. The van der Waals surface area contributed by atoms with E-state index in [4.69, 9.17) is 10.5 Å². The lowest BCUT2D eigenvalue weighted by molar-refractivity contribution is 0.128. The summed E-state index contributed by atoms with van der Waals surface area (Å²) in [4.78, 5) is 23.9. The Hall–Kier alpha value is -1.46. The number of nitrogens with zero attached hydrogens (tertiary/aromatic N) is 1. The molecule has 1 rings (SSSR count). The van der Waals surface area contributed by atoms with Crippen LogP contribution >= 0.6 is 0 Å². The predicted octanol–water partition coefficient (Wildman–Crippen LogP) is 0.913. The molecule has 0 radical (unpaired) electrons. The normalized spacial score (nSPS) is 19.8. The van der Waals surface area contributed by atoms with Crippen LogP contribution in [0, 0.1) is 5.92 Å². The van der Waals surface area contributed by atoms with Crippen LogP contribution in [0.15, 0.2) is 0 Å². The molecule has 0 spiro atoms. The Morgan fingerprint density at radius 3 is 2.94 bits per heavy atom. The fourth-order valence-corrected chi connectivity index (χ4v) is 2.07. The number of hydrogen-bond donors (Lipinski definition) is 2. The first-order valence-electron chi connectivity index (χ1n) is 6.08. The number of hydrogen-bond acceptors (Lipinski definition) is 3. The predicted molar refractivity (Wildman–Crippen MR) is 63.5 cm³/mol. The van der Waals surface area contributed by atoms with Crippen LogP contribution in [0.4, 0.5) is 9.59 Å². The van der Waals surface area contributed by atoms with Crippen molar-refractivity contribution in [3.8, 4) is 0 Å². The molecule has 3 N–H and O–H groups in total. The summed E-state index contributed by atoms with van der Waals surface area (Å²) in [6, 6.07) is -0.00646. The van der Waals surface area contributed by atoms with Gasteiger partial charge >= 0.3 is 12.1 Å². The number of nitrogens with one attached hydrogen (secondary N) is 1. The molecular weight excluding hydrogens is 222 g/mol. The molecule has 1 atom stereocenters. The average molecular weight is 243 g/mol. The largest absolute Gasteiger partial charge is 0.450 e. The Labute approximate surface area is 101 Å². The van der Waals surface area contributed by atoms with E-state index >= 15 is 0 Å². The highest BCUT2D eigenvalue weighted by Crippen LogP contribution is 2.19. The number of likely N-dealkylation sites (tertiary alicyclic amines) is 1. The van der Waals surface area contributed by atoms with E-state index in [1.54, 1.807) is 0 Å². The molecular formula is C11H21N3O3. The number of piperidine rings is 1. The van der Waals surface area contributed by atoms with Gasteiger partial charge in [-0.25, -0.2) is 9.59 Å². The highest BCUT2D eigenvalue weighted by Gasteiger charge is 2.23. The van der Waals surface area contributed by atoms with Crippen LogP contribution in [0.5, 0.6) is 0 Å². The topological polar surface area (TPSA) is 84.7 Å². The van der Waals surface area contributed by atoms with Crippen molar-refractivity contribution < 1.29 is 14.3 Å². The van der Waals surface area contributed by atoms with E-state index in [-0.39, 0.29) is 6.03 Å². The number of urea groups is 1.